The number of allylic oxidation sites excluding steroid dienone is 1. The van der Waals surface area contributed by atoms with Gasteiger partial charge in [-0.15, -0.1) is 0 Å². The summed E-state index contributed by atoms with van der Waals surface area (Å²) in [6.07, 6.45) is 5.75. The number of H-pyrrole nitrogens is 1. The van der Waals surface area contributed by atoms with Crippen LogP contribution >= 0.6 is 7.60 Å². The summed E-state index contributed by atoms with van der Waals surface area (Å²) in [7, 11) is -3.34. The van der Waals surface area contributed by atoms with Crippen LogP contribution in [-0.2, 0) is 18.3 Å². The molecule has 0 spiro atoms. The second kappa shape index (κ2) is 9.15. The predicted molar refractivity (Wildman–Crippen MR) is 103 cm³/mol. The van der Waals surface area contributed by atoms with Crippen LogP contribution in [0.5, 0.6) is 0 Å². The summed E-state index contributed by atoms with van der Waals surface area (Å²) >= 11 is 0. The summed E-state index contributed by atoms with van der Waals surface area (Å²) in [4.78, 5) is 25.8. The van der Waals surface area contributed by atoms with Gasteiger partial charge in [0.25, 0.3) is 5.56 Å². The molecule has 0 unspecified atom stereocenters. The zero-order valence-corrected chi connectivity index (χ0v) is 17.4. The average Bonchev–Trinajstić information content (AvgIpc) is 2.55. The van der Waals surface area contributed by atoms with E-state index in [1.54, 1.807) is 40.8 Å². The normalized spacial score (nSPS) is 20.6. The highest BCUT2D eigenvalue weighted by atomic mass is 31.2. The summed E-state index contributed by atoms with van der Waals surface area (Å²) in [5, 5.41) is 0. The van der Waals surface area contributed by atoms with Crippen molar-refractivity contribution in [3.63, 3.8) is 0 Å². The quantitative estimate of drug-likeness (QED) is 0.532. The maximum atomic E-state index is 12.8. The van der Waals surface area contributed by atoms with Crippen LogP contribution in [0.2, 0.25) is 0 Å². The summed E-state index contributed by atoms with van der Waals surface area (Å²) in [6.45, 7) is 8.85. The third-order valence-corrected chi connectivity index (χ3v) is 5.94. The van der Waals surface area contributed by atoms with E-state index in [1.165, 1.54) is 4.57 Å². The first kappa shape index (κ1) is 21.8. The molecule has 0 saturated carbocycles. The molecule has 2 atom stereocenters. The maximum absolute atomic E-state index is 12.8. The van der Waals surface area contributed by atoms with Gasteiger partial charge in [-0.25, -0.2) is 4.79 Å². The van der Waals surface area contributed by atoms with Crippen molar-refractivity contribution in [3.8, 4) is 0 Å². The zero-order chi connectivity index (χ0) is 20.2. The van der Waals surface area contributed by atoms with E-state index >= 15 is 0 Å². The lowest BCUT2D eigenvalue weighted by Crippen LogP contribution is -2.34. The number of ether oxygens (including phenoxy) is 1. The molecule has 2 rings (SSSR count). The van der Waals surface area contributed by atoms with Crippen LogP contribution < -0.4 is 11.2 Å². The highest BCUT2D eigenvalue weighted by Crippen LogP contribution is 2.50. The molecule has 0 saturated heterocycles. The molecule has 1 N–H and O–H groups in total. The zero-order valence-electron chi connectivity index (χ0n) is 16.5. The number of hydrogen-bond donors (Lipinski definition) is 1. The van der Waals surface area contributed by atoms with Crippen molar-refractivity contribution in [1.29, 1.82) is 0 Å². The van der Waals surface area contributed by atoms with Crippen molar-refractivity contribution in [2.45, 2.75) is 71.8 Å². The topological polar surface area (TPSA) is 99.6 Å². The fraction of sp³-hybridized carbons (Fsp3) is 0.667. The van der Waals surface area contributed by atoms with Gasteiger partial charge in [0.2, 0.25) is 0 Å². The molecule has 1 aliphatic rings. The molecule has 27 heavy (non-hydrogen) atoms. The van der Waals surface area contributed by atoms with Crippen LogP contribution in [0, 0.1) is 6.92 Å². The number of hydrogen-bond acceptors (Lipinski definition) is 6. The molecule has 1 heterocycles. The van der Waals surface area contributed by atoms with Crippen LogP contribution in [0.25, 0.3) is 0 Å². The molecule has 0 aliphatic heterocycles. The molecule has 152 valence electrons. The largest absolute Gasteiger partial charge is 0.362 e. The second-order valence-corrected chi connectivity index (χ2v) is 9.16. The van der Waals surface area contributed by atoms with E-state index in [-0.39, 0.29) is 36.3 Å². The predicted octanol–water partition coefficient (Wildman–Crippen LogP) is 3.12. The average molecular weight is 400 g/mol. The summed E-state index contributed by atoms with van der Waals surface area (Å²) < 4.78 is 31.0. The van der Waals surface area contributed by atoms with Gasteiger partial charge >= 0.3 is 13.3 Å². The monoisotopic (exact) mass is 400 g/mol. The van der Waals surface area contributed by atoms with Gasteiger partial charge in [0.05, 0.1) is 24.4 Å². The van der Waals surface area contributed by atoms with Gasteiger partial charge in [-0.05, 0) is 47.5 Å². The molecule has 0 amide bonds. The smallest absolute Gasteiger partial charge is 0.356 e. The van der Waals surface area contributed by atoms with E-state index in [4.69, 9.17) is 13.8 Å². The van der Waals surface area contributed by atoms with Crippen molar-refractivity contribution in [2.24, 2.45) is 0 Å². The van der Waals surface area contributed by atoms with Crippen molar-refractivity contribution in [2.75, 3.05) is 6.35 Å². The van der Waals surface area contributed by atoms with Gasteiger partial charge in [0, 0.05) is 11.8 Å². The van der Waals surface area contributed by atoms with E-state index in [0.717, 1.165) is 0 Å². The van der Waals surface area contributed by atoms with Gasteiger partial charge in [0.1, 0.15) is 6.35 Å². The minimum Gasteiger partial charge on any atom is -0.362 e. The van der Waals surface area contributed by atoms with Crippen molar-refractivity contribution >= 4 is 7.60 Å². The Morgan fingerprint density at radius 1 is 1.15 bits per heavy atom. The first-order valence-electron chi connectivity index (χ1n) is 9.17. The van der Waals surface area contributed by atoms with E-state index in [9.17, 15) is 14.2 Å². The Morgan fingerprint density at radius 3 is 2.30 bits per heavy atom. The molecule has 9 heteroatoms. The third kappa shape index (κ3) is 6.28. The van der Waals surface area contributed by atoms with Crippen molar-refractivity contribution in [1.82, 2.24) is 9.55 Å². The number of rotatable bonds is 8. The van der Waals surface area contributed by atoms with Crippen LogP contribution in [0.15, 0.2) is 27.9 Å². The van der Waals surface area contributed by atoms with Crippen molar-refractivity contribution < 1.29 is 18.3 Å². The summed E-state index contributed by atoms with van der Waals surface area (Å²) in [5.41, 5.74) is -0.318. The van der Waals surface area contributed by atoms with Crippen LogP contribution in [0.1, 0.15) is 52.1 Å². The molecule has 0 bridgehead atoms. The fourth-order valence-corrected chi connectivity index (χ4v) is 4.73. The number of aryl methyl sites for hydroxylation is 1. The van der Waals surface area contributed by atoms with Gasteiger partial charge in [-0.3, -0.25) is 18.9 Å². The standard InChI is InChI=1S/C18H29N2O6P/c1-12(2)25-27(23,26-13(3)4)11-24-16-8-6-15(7-9-16)20-10-14(5)17(21)19-18(20)22/h6,8,10,12-13,15-16H,7,9,11H2,1-5H3,(H,19,21,22)/t15-,16+/m0/s1. The maximum Gasteiger partial charge on any atom is 0.356 e. The first-order chi connectivity index (χ1) is 12.6. The second-order valence-electron chi connectivity index (χ2n) is 7.26. The van der Waals surface area contributed by atoms with Crippen LogP contribution in [0.4, 0.5) is 0 Å². The summed E-state index contributed by atoms with van der Waals surface area (Å²) in [6, 6.07) is -0.154. The van der Waals surface area contributed by atoms with E-state index in [0.29, 0.717) is 18.4 Å². The Bertz CT molecular complexity index is 812. The minimum atomic E-state index is -3.34. The van der Waals surface area contributed by atoms with Gasteiger partial charge < -0.3 is 13.8 Å². The minimum absolute atomic E-state index is 0.124. The number of nitrogens with zero attached hydrogens (tertiary/aromatic N) is 1. The number of aromatic amines is 1. The first-order valence-corrected chi connectivity index (χ1v) is 10.9. The number of aromatic nitrogens is 2. The Kier molecular flexibility index (Phi) is 7.40. The van der Waals surface area contributed by atoms with Crippen LogP contribution in [-0.4, -0.2) is 34.2 Å². The lowest BCUT2D eigenvalue weighted by molar-refractivity contribution is 0.0668. The molecule has 0 aromatic carbocycles. The van der Waals surface area contributed by atoms with E-state index in [2.05, 4.69) is 4.98 Å². The van der Waals surface area contributed by atoms with Gasteiger partial charge in [-0.2, -0.15) is 0 Å². The van der Waals surface area contributed by atoms with Crippen LogP contribution in [0.3, 0.4) is 0 Å². The molecule has 8 nitrogen and oxygen atoms in total. The molecule has 1 aromatic heterocycles. The Hall–Kier alpha value is -1.47. The third-order valence-electron chi connectivity index (χ3n) is 3.99. The fourth-order valence-electron chi connectivity index (χ4n) is 2.90. The molecule has 1 aromatic rings. The molecule has 0 radical (unpaired) electrons. The highest BCUT2D eigenvalue weighted by Gasteiger charge is 2.30. The Balaban J connectivity index is 2.02. The molecule has 1 aliphatic carbocycles. The van der Waals surface area contributed by atoms with E-state index in [1.807, 2.05) is 12.2 Å². The SMILES string of the molecule is Cc1cn([C@H]2C=C[C@@H](OCP(=O)(OC(C)C)OC(C)C)CC2)c(=O)[nH]c1=O. The van der Waals surface area contributed by atoms with Gasteiger partial charge in [-0.1, -0.05) is 12.2 Å². The molecule has 0 fully saturated rings. The Morgan fingerprint density at radius 2 is 1.78 bits per heavy atom. The highest BCUT2D eigenvalue weighted by molar-refractivity contribution is 7.53. The number of nitrogens with one attached hydrogen (secondary N) is 1. The lowest BCUT2D eigenvalue weighted by atomic mass is 10.0. The molecular formula is C18H29N2O6P. The Labute approximate surface area is 159 Å². The lowest BCUT2D eigenvalue weighted by Gasteiger charge is -2.27. The molecular weight excluding hydrogens is 371 g/mol. The van der Waals surface area contributed by atoms with Gasteiger partial charge in [0.15, 0.2) is 0 Å². The van der Waals surface area contributed by atoms with E-state index < -0.39 is 13.3 Å². The van der Waals surface area contributed by atoms with Crippen molar-refractivity contribution in [3.05, 3.63) is 44.8 Å². The summed E-state index contributed by atoms with van der Waals surface area (Å²) in [5.74, 6) is 0.